The highest BCUT2D eigenvalue weighted by atomic mass is 35.5. The van der Waals surface area contributed by atoms with Crippen molar-refractivity contribution in [3.8, 4) is 0 Å². The number of carbonyl (C=O) groups is 1. The van der Waals surface area contributed by atoms with Gasteiger partial charge in [0, 0.05) is 37.1 Å². The Labute approximate surface area is 165 Å². The van der Waals surface area contributed by atoms with Gasteiger partial charge in [0.25, 0.3) is 0 Å². The van der Waals surface area contributed by atoms with Gasteiger partial charge in [-0.05, 0) is 30.9 Å². The van der Waals surface area contributed by atoms with Gasteiger partial charge in [0.1, 0.15) is 0 Å². The summed E-state index contributed by atoms with van der Waals surface area (Å²) in [5.41, 5.74) is -2.51. The third kappa shape index (κ3) is 3.89. The van der Waals surface area contributed by atoms with E-state index >= 15 is 0 Å². The standard InChI is InChI=1S/C19H21ClF3N3O2/c1-25-10-8-24-17(25)18(28,19(21,22)23)12-16(27)26-9-4-6-14(26)11-13-5-2-3-7-15(13)20/h2-3,5,7-8,10,14,28H,4,6,9,11-12H2,1H3/t14-,18-/m0/s1. The van der Waals surface area contributed by atoms with Crippen LogP contribution in [0.4, 0.5) is 13.2 Å². The van der Waals surface area contributed by atoms with Crippen LogP contribution in [0.2, 0.25) is 5.02 Å². The third-order valence-corrected chi connectivity index (χ3v) is 5.55. The largest absolute Gasteiger partial charge is 0.425 e. The first-order valence-electron chi connectivity index (χ1n) is 8.93. The topological polar surface area (TPSA) is 58.4 Å². The molecule has 0 spiro atoms. The first-order valence-corrected chi connectivity index (χ1v) is 9.31. The van der Waals surface area contributed by atoms with Gasteiger partial charge in [-0.2, -0.15) is 13.2 Å². The molecule has 28 heavy (non-hydrogen) atoms. The molecule has 1 aliphatic heterocycles. The lowest BCUT2D eigenvalue weighted by Crippen LogP contribution is -2.49. The van der Waals surface area contributed by atoms with E-state index < -0.39 is 29.9 Å². The van der Waals surface area contributed by atoms with Gasteiger partial charge in [-0.15, -0.1) is 0 Å². The van der Waals surface area contributed by atoms with E-state index in [1.54, 1.807) is 12.1 Å². The number of aliphatic hydroxyl groups is 1. The molecule has 1 aliphatic rings. The molecule has 0 bridgehead atoms. The van der Waals surface area contributed by atoms with Crippen molar-refractivity contribution in [2.75, 3.05) is 6.54 Å². The van der Waals surface area contributed by atoms with E-state index in [0.717, 1.165) is 16.3 Å². The number of benzene rings is 1. The second-order valence-electron chi connectivity index (χ2n) is 7.08. The van der Waals surface area contributed by atoms with Crippen LogP contribution in [0.1, 0.15) is 30.7 Å². The van der Waals surface area contributed by atoms with Gasteiger partial charge < -0.3 is 14.6 Å². The molecule has 3 rings (SSSR count). The number of aryl methyl sites for hydroxylation is 1. The number of rotatable bonds is 5. The van der Waals surface area contributed by atoms with E-state index in [2.05, 4.69) is 4.98 Å². The van der Waals surface area contributed by atoms with Crippen LogP contribution < -0.4 is 0 Å². The van der Waals surface area contributed by atoms with Crippen molar-refractivity contribution in [2.24, 2.45) is 7.05 Å². The summed E-state index contributed by atoms with van der Waals surface area (Å²) in [5.74, 6) is -1.35. The maximum atomic E-state index is 13.7. The fraction of sp³-hybridized carbons (Fsp3) is 0.474. The number of likely N-dealkylation sites (tertiary alicyclic amines) is 1. The average molecular weight is 416 g/mol. The zero-order valence-electron chi connectivity index (χ0n) is 15.3. The van der Waals surface area contributed by atoms with Crippen molar-refractivity contribution >= 4 is 17.5 Å². The fourth-order valence-electron chi connectivity index (χ4n) is 3.68. The van der Waals surface area contributed by atoms with E-state index in [9.17, 15) is 23.1 Å². The molecule has 1 aromatic heterocycles. The fourth-order valence-corrected chi connectivity index (χ4v) is 3.90. The predicted octanol–water partition coefficient (Wildman–Crippen LogP) is 3.45. The van der Waals surface area contributed by atoms with Crippen molar-refractivity contribution in [1.29, 1.82) is 0 Å². The molecule has 2 atom stereocenters. The van der Waals surface area contributed by atoms with Crippen LogP contribution >= 0.6 is 11.6 Å². The minimum absolute atomic E-state index is 0.258. The number of nitrogens with zero attached hydrogens (tertiary/aromatic N) is 3. The summed E-state index contributed by atoms with van der Waals surface area (Å²) in [5, 5.41) is 11.0. The molecule has 2 aromatic rings. The van der Waals surface area contributed by atoms with Crippen LogP contribution in [0.15, 0.2) is 36.7 Å². The van der Waals surface area contributed by atoms with Crippen LogP contribution in [0, 0.1) is 0 Å². The van der Waals surface area contributed by atoms with E-state index in [0.29, 0.717) is 30.8 Å². The summed E-state index contributed by atoms with van der Waals surface area (Å²) in [6.07, 6.45) is -1.88. The van der Waals surface area contributed by atoms with Crippen LogP contribution in [-0.4, -0.2) is 44.2 Å². The summed E-state index contributed by atoms with van der Waals surface area (Å²) in [6.45, 7) is 0.350. The number of aromatic nitrogens is 2. The van der Waals surface area contributed by atoms with E-state index in [1.807, 2.05) is 12.1 Å². The lowest BCUT2D eigenvalue weighted by atomic mass is 9.96. The van der Waals surface area contributed by atoms with E-state index in [4.69, 9.17) is 11.6 Å². The van der Waals surface area contributed by atoms with Crippen LogP contribution in [0.5, 0.6) is 0 Å². The summed E-state index contributed by atoms with van der Waals surface area (Å²) < 4.78 is 42.2. The number of alkyl halides is 3. The summed E-state index contributed by atoms with van der Waals surface area (Å²) in [7, 11) is 1.35. The van der Waals surface area contributed by atoms with Crippen molar-refractivity contribution in [3.63, 3.8) is 0 Å². The number of hydrogen-bond donors (Lipinski definition) is 1. The van der Waals surface area contributed by atoms with Crippen LogP contribution in [0.25, 0.3) is 0 Å². The quantitative estimate of drug-likeness (QED) is 0.813. The SMILES string of the molecule is Cn1ccnc1[C@@](O)(CC(=O)N1CCC[C@H]1Cc1ccccc1Cl)C(F)(F)F. The highest BCUT2D eigenvalue weighted by molar-refractivity contribution is 6.31. The number of amides is 1. The van der Waals surface area contributed by atoms with Crippen LogP contribution in [-0.2, 0) is 23.9 Å². The molecule has 9 heteroatoms. The monoisotopic (exact) mass is 415 g/mol. The molecule has 0 unspecified atom stereocenters. The first kappa shape index (κ1) is 20.7. The van der Waals surface area contributed by atoms with Gasteiger partial charge in [-0.3, -0.25) is 4.79 Å². The molecule has 2 heterocycles. The third-order valence-electron chi connectivity index (χ3n) is 5.18. The van der Waals surface area contributed by atoms with Crippen molar-refractivity contribution < 1.29 is 23.1 Å². The maximum Gasteiger partial charge on any atom is 0.425 e. The molecule has 0 radical (unpaired) electrons. The highest BCUT2D eigenvalue weighted by Gasteiger charge is 2.59. The highest BCUT2D eigenvalue weighted by Crippen LogP contribution is 2.41. The number of imidazole rings is 1. The Bertz CT molecular complexity index is 855. The molecule has 152 valence electrons. The Morgan fingerprint density at radius 3 is 2.68 bits per heavy atom. The molecule has 0 saturated carbocycles. The smallest absolute Gasteiger partial charge is 0.374 e. The van der Waals surface area contributed by atoms with E-state index in [-0.39, 0.29) is 6.04 Å². The van der Waals surface area contributed by atoms with Crippen molar-refractivity contribution in [1.82, 2.24) is 14.5 Å². The zero-order valence-corrected chi connectivity index (χ0v) is 16.0. The molecule has 0 aliphatic carbocycles. The van der Waals surface area contributed by atoms with Gasteiger partial charge in [-0.25, -0.2) is 4.98 Å². The van der Waals surface area contributed by atoms with Crippen molar-refractivity contribution in [3.05, 3.63) is 53.1 Å². The molecule has 1 fully saturated rings. The lowest BCUT2D eigenvalue weighted by Gasteiger charge is -2.32. The van der Waals surface area contributed by atoms with Gasteiger partial charge in [-0.1, -0.05) is 29.8 Å². The Morgan fingerprint density at radius 2 is 2.07 bits per heavy atom. The summed E-state index contributed by atoms with van der Waals surface area (Å²) in [4.78, 5) is 17.9. The Balaban J connectivity index is 1.82. The molecule has 1 amide bonds. The Hall–Kier alpha value is -2.06. The second-order valence-corrected chi connectivity index (χ2v) is 7.48. The lowest BCUT2D eigenvalue weighted by molar-refractivity contribution is -0.272. The second kappa shape index (κ2) is 7.75. The maximum absolute atomic E-state index is 13.7. The van der Waals surface area contributed by atoms with Gasteiger partial charge >= 0.3 is 6.18 Å². The predicted molar refractivity (Wildman–Crippen MR) is 97.7 cm³/mol. The van der Waals surface area contributed by atoms with Gasteiger partial charge in [0.15, 0.2) is 5.82 Å². The molecular weight excluding hydrogens is 395 g/mol. The number of carbonyl (C=O) groups excluding carboxylic acids is 1. The van der Waals surface area contributed by atoms with E-state index in [1.165, 1.54) is 18.1 Å². The van der Waals surface area contributed by atoms with Gasteiger partial charge in [0.05, 0.1) is 6.42 Å². The summed E-state index contributed by atoms with van der Waals surface area (Å²) >= 11 is 6.18. The van der Waals surface area contributed by atoms with Crippen molar-refractivity contribution in [2.45, 2.75) is 43.5 Å². The summed E-state index contributed by atoms with van der Waals surface area (Å²) in [6, 6.07) is 6.93. The Kier molecular flexibility index (Phi) is 5.72. The molecule has 1 aromatic carbocycles. The molecule has 5 nitrogen and oxygen atoms in total. The zero-order chi connectivity index (χ0) is 20.5. The van der Waals surface area contributed by atoms with Gasteiger partial charge in [0.2, 0.25) is 11.5 Å². The minimum atomic E-state index is -5.04. The van der Waals surface area contributed by atoms with Crippen LogP contribution in [0.3, 0.4) is 0 Å². The molecule has 1 saturated heterocycles. The molecule has 1 N–H and O–H groups in total. The number of hydrogen-bond acceptors (Lipinski definition) is 3. The first-order chi connectivity index (χ1) is 13.1. The average Bonchev–Trinajstić information content (AvgIpc) is 3.25. The normalized spacial score (nSPS) is 19.6. The molecular formula is C19H21ClF3N3O2. The minimum Gasteiger partial charge on any atom is -0.374 e. The number of halogens is 4. The Morgan fingerprint density at radius 1 is 1.36 bits per heavy atom.